The smallest absolute Gasteiger partial charge is 0.252 e. The van der Waals surface area contributed by atoms with Crippen LogP contribution < -0.4 is 15.8 Å². The minimum atomic E-state index is -0.549. The Morgan fingerprint density at radius 1 is 1.11 bits per heavy atom. The van der Waals surface area contributed by atoms with E-state index in [4.69, 9.17) is 10.5 Å². The summed E-state index contributed by atoms with van der Waals surface area (Å²) < 4.78 is 5.45. The van der Waals surface area contributed by atoms with E-state index in [0.717, 1.165) is 5.56 Å². The molecule has 0 spiro atoms. The van der Waals surface area contributed by atoms with Gasteiger partial charge in [0.25, 0.3) is 5.91 Å². The van der Waals surface area contributed by atoms with E-state index in [1.54, 1.807) is 36.0 Å². The van der Waals surface area contributed by atoms with Crippen molar-refractivity contribution in [1.29, 1.82) is 0 Å². The molecule has 0 saturated heterocycles. The van der Waals surface area contributed by atoms with E-state index < -0.39 is 5.91 Å². The van der Waals surface area contributed by atoms with Gasteiger partial charge in [0.05, 0.1) is 18.5 Å². The zero-order valence-electron chi connectivity index (χ0n) is 16.0. The van der Waals surface area contributed by atoms with Gasteiger partial charge in [-0.05, 0) is 29.8 Å². The lowest BCUT2D eigenvalue weighted by Gasteiger charge is -2.06. The van der Waals surface area contributed by atoms with Crippen molar-refractivity contribution in [3.63, 3.8) is 0 Å². The first-order valence-electron chi connectivity index (χ1n) is 8.95. The number of hydrogen-bond acceptors (Lipinski definition) is 4. The first kappa shape index (κ1) is 21.4. The Morgan fingerprint density at radius 3 is 2.50 bits per heavy atom. The molecular formula is C22H24N2O3S. The molecule has 0 fully saturated rings. The highest BCUT2D eigenvalue weighted by molar-refractivity contribution is 7.99. The highest BCUT2D eigenvalue weighted by atomic mass is 32.2. The normalized spacial score (nSPS) is 10.1. The molecule has 0 aliphatic heterocycles. The molecule has 146 valence electrons. The summed E-state index contributed by atoms with van der Waals surface area (Å²) in [5.74, 6) is 5.39. The van der Waals surface area contributed by atoms with E-state index in [-0.39, 0.29) is 19.1 Å². The Bertz CT molecular complexity index is 867. The highest BCUT2D eigenvalue weighted by Crippen LogP contribution is 2.23. The lowest BCUT2D eigenvalue weighted by atomic mass is 10.1. The van der Waals surface area contributed by atoms with Gasteiger partial charge < -0.3 is 15.8 Å². The molecule has 0 saturated carbocycles. The zero-order valence-corrected chi connectivity index (χ0v) is 16.8. The Morgan fingerprint density at radius 2 is 1.82 bits per heavy atom. The summed E-state index contributed by atoms with van der Waals surface area (Å²) in [6.07, 6.45) is 0.316. The standard InChI is InChI=1S/C22H24N2O3S/c1-16(2)28-18-11-9-17(10-12-18)15-21(25)24-13-5-6-14-27-20-8-4-3-7-19(20)22(23)26/h3-4,7-12,16H,13-15H2,1-2H3,(H2,23,26)(H,24,25). The van der Waals surface area contributed by atoms with E-state index in [9.17, 15) is 9.59 Å². The zero-order chi connectivity index (χ0) is 20.4. The molecule has 3 N–H and O–H groups in total. The Kier molecular flexibility index (Phi) is 8.44. The molecule has 0 heterocycles. The van der Waals surface area contributed by atoms with Crippen molar-refractivity contribution in [3.8, 4) is 17.6 Å². The van der Waals surface area contributed by atoms with E-state index in [1.165, 1.54) is 4.90 Å². The molecule has 0 aliphatic rings. The first-order chi connectivity index (χ1) is 13.5. The fraction of sp³-hybridized carbons (Fsp3) is 0.273. The lowest BCUT2D eigenvalue weighted by molar-refractivity contribution is -0.120. The third-order valence-electron chi connectivity index (χ3n) is 3.61. The molecule has 2 amide bonds. The summed E-state index contributed by atoms with van der Waals surface area (Å²) in [7, 11) is 0. The minimum absolute atomic E-state index is 0.0847. The molecular weight excluding hydrogens is 372 g/mol. The maximum absolute atomic E-state index is 12.0. The van der Waals surface area contributed by atoms with Gasteiger partial charge in [-0.2, -0.15) is 0 Å². The fourth-order valence-corrected chi connectivity index (χ4v) is 3.21. The number of amides is 2. The topological polar surface area (TPSA) is 81.4 Å². The van der Waals surface area contributed by atoms with Crippen molar-refractivity contribution in [1.82, 2.24) is 5.32 Å². The van der Waals surface area contributed by atoms with E-state index in [2.05, 4.69) is 31.0 Å². The van der Waals surface area contributed by atoms with Gasteiger partial charge >= 0.3 is 0 Å². The van der Waals surface area contributed by atoms with E-state index in [0.29, 0.717) is 23.0 Å². The molecule has 6 heteroatoms. The van der Waals surface area contributed by atoms with Crippen LogP contribution in [0.4, 0.5) is 0 Å². The predicted molar refractivity (Wildman–Crippen MR) is 112 cm³/mol. The van der Waals surface area contributed by atoms with Gasteiger partial charge in [-0.3, -0.25) is 9.59 Å². The average Bonchev–Trinajstić information content (AvgIpc) is 2.66. The molecule has 0 atom stereocenters. The molecule has 0 aliphatic carbocycles. The predicted octanol–water partition coefficient (Wildman–Crippen LogP) is 3.03. The Labute approximate surface area is 170 Å². The molecule has 2 rings (SSSR count). The number of benzene rings is 2. The highest BCUT2D eigenvalue weighted by Gasteiger charge is 2.07. The Hall–Kier alpha value is -2.91. The van der Waals surface area contributed by atoms with Crippen molar-refractivity contribution in [3.05, 3.63) is 59.7 Å². The number of nitrogens with one attached hydrogen (secondary N) is 1. The van der Waals surface area contributed by atoms with Crippen molar-refractivity contribution < 1.29 is 14.3 Å². The van der Waals surface area contributed by atoms with Gasteiger partial charge in [-0.25, -0.2) is 0 Å². The monoisotopic (exact) mass is 396 g/mol. The number of primary amides is 1. The summed E-state index contributed by atoms with van der Waals surface area (Å²) in [5.41, 5.74) is 6.57. The molecule has 2 aromatic rings. The number of carbonyl (C=O) groups excluding carboxylic acids is 2. The van der Waals surface area contributed by atoms with Crippen LogP contribution in [0.15, 0.2) is 53.4 Å². The Balaban J connectivity index is 1.72. The minimum Gasteiger partial charge on any atom is -0.480 e. The number of nitrogens with two attached hydrogens (primary N) is 1. The van der Waals surface area contributed by atoms with E-state index >= 15 is 0 Å². The first-order valence-corrected chi connectivity index (χ1v) is 9.83. The average molecular weight is 397 g/mol. The molecule has 0 unspecified atom stereocenters. The molecule has 0 radical (unpaired) electrons. The molecule has 2 aromatic carbocycles. The molecule has 0 aromatic heterocycles. The number of rotatable bonds is 8. The van der Waals surface area contributed by atoms with Gasteiger partial charge in [0, 0.05) is 10.1 Å². The van der Waals surface area contributed by atoms with Crippen molar-refractivity contribution in [2.45, 2.75) is 30.4 Å². The van der Waals surface area contributed by atoms with Gasteiger partial charge in [-0.1, -0.05) is 50.0 Å². The van der Waals surface area contributed by atoms with Crippen LogP contribution in [0, 0.1) is 11.8 Å². The summed E-state index contributed by atoms with van der Waals surface area (Å²) in [5, 5.41) is 3.29. The second kappa shape index (κ2) is 11.1. The van der Waals surface area contributed by atoms with Crippen LogP contribution in [-0.4, -0.2) is 30.2 Å². The van der Waals surface area contributed by atoms with Crippen LogP contribution in [0.5, 0.6) is 5.75 Å². The summed E-state index contributed by atoms with van der Waals surface area (Å²) >= 11 is 1.79. The van der Waals surface area contributed by atoms with Crippen LogP contribution in [-0.2, 0) is 11.2 Å². The fourth-order valence-electron chi connectivity index (χ4n) is 2.37. The van der Waals surface area contributed by atoms with Gasteiger partial charge in [0.2, 0.25) is 5.91 Å². The number of hydrogen-bond donors (Lipinski definition) is 2. The van der Waals surface area contributed by atoms with Crippen LogP contribution in [0.3, 0.4) is 0 Å². The van der Waals surface area contributed by atoms with Crippen LogP contribution in [0.25, 0.3) is 0 Å². The number of para-hydroxylation sites is 1. The van der Waals surface area contributed by atoms with Gasteiger partial charge in [0.15, 0.2) is 0 Å². The number of thioether (sulfide) groups is 1. The van der Waals surface area contributed by atoms with Gasteiger partial charge in [-0.15, -0.1) is 11.8 Å². The van der Waals surface area contributed by atoms with Crippen molar-refractivity contribution in [2.24, 2.45) is 5.73 Å². The third-order valence-corrected chi connectivity index (χ3v) is 4.63. The summed E-state index contributed by atoms with van der Waals surface area (Å²) in [6, 6.07) is 14.7. The lowest BCUT2D eigenvalue weighted by Crippen LogP contribution is -2.25. The van der Waals surface area contributed by atoms with Crippen molar-refractivity contribution in [2.75, 3.05) is 13.2 Å². The quantitative estimate of drug-likeness (QED) is 0.531. The largest absolute Gasteiger partial charge is 0.480 e. The second-order valence-electron chi connectivity index (χ2n) is 6.27. The second-order valence-corrected chi connectivity index (χ2v) is 7.92. The van der Waals surface area contributed by atoms with Crippen molar-refractivity contribution >= 4 is 23.6 Å². The number of carbonyl (C=O) groups is 2. The maximum atomic E-state index is 12.0. The third kappa shape index (κ3) is 7.37. The van der Waals surface area contributed by atoms with Crippen LogP contribution in [0.1, 0.15) is 29.8 Å². The van der Waals surface area contributed by atoms with Crippen LogP contribution >= 0.6 is 11.8 Å². The number of ether oxygens (including phenoxy) is 1. The maximum Gasteiger partial charge on any atom is 0.252 e. The molecule has 28 heavy (non-hydrogen) atoms. The molecule has 5 nitrogen and oxygen atoms in total. The summed E-state index contributed by atoms with van der Waals surface area (Å²) in [4.78, 5) is 24.5. The SMILES string of the molecule is CC(C)Sc1ccc(CC(=O)NCC#CCOc2ccccc2C(N)=O)cc1. The van der Waals surface area contributed by atoms with E-state index in [1.807, 2.05) is 24.3 Å². The van der Waals surface area contributed by atoms with Gasteiger partial charge in [0.1, 0.15) is 12.4 Å². The summed E-state index contributed by atoms with van der Waals surface area (Å²) in [6.45, 7) is 4.64. The molecule has 0 bridgehead atoms. The van der Waals surface area contributed by atoms with Crippen LogP contribution in [0.2, 0.25) is 0 Å².